The maximum Gasteiger partial charge on any atom is 0.243 e. The lowest BCUT2D eigenvalue weighted by Crippen LogP contribution is -2.49. The lowest BCUT2D eigenvalue weighted by Gasteiger charge is -2.30. The molecular formula is C18H27ClN2O3S2. The highest BCUT2D eigenvalue weighted by Gasteiger charge is 2.31. The van der Waals surface area contributed by atoms with Crippen LogP contribution in [-0.2, 0) is 14.8 Å². The van der Waals surface area contributed by atoms with Gasteiger partial charge in [-0.3, -0.25) is 9.10 Å². The number of thioether (sulfide) groups is 1. The van der Waals surface area contributed by atoms with Crippen molar-refractivity contribution in [3.63, 3.8) is 0 Å². The molecule has 1 aromatic carbocycles. The van der Waals surface area contributed by atoms with Crippen LogP contribution in [0, 0.1) is 0 Å². The molecule has 146 valence electrons. The molecule has 0 saturated heterocycles. The van der Waals surface area contributed by atoms with Gasteiger partial charge in [0.15, 0.2) is 0 Å². The summed E-state index contributed by atoms with van der Waals surface area (Å²) in [4.78, 5) is 12.6. The summed E-state index contributed by atoms with van der Waals surface area (Å²) in [5.41, 5.74) is 0.444. The zero-order valence-corrected chi connectivity index (χ0v) is 17.7. The molecule has 5 nitrogen and oxygen atoms in total. The van der Waals surface area contributed by atoms with Crippen LogP contribution in [0.5, 0.6) is 0 Å². The summed E-state index contributed by atoms with van der Waals surface area (Å²) >= 11 is 7.79. The van der Waals surface area contributed by atoms with Gasteiger partial charge in [-0.15, -0.1) is 0 Å². The Morgan fingerprint density at radius 1 is 1.31 bits per heavy atom. The number of carbonyl (C=O) groups excluding carboxylic acids is 1. The van der Waals surface area contributed by atoms with E-state index in [4.69, 9.17) is 11.6 Å². The third kappa shape index (κ3) is 6.06. The monoisotopic (exact) mass is 418 g/mol. The van der Waals surface area contributed by atoms with Crippen molar-refractivity contribution in [2.45, 2.75) is 50.3 Å². The van der Waals surface area contributed by atoms with Crippen molar-refractivity contribution in [1.29, 1.82) is 0 Å². The number of sulfonamides is 1. The molecule has 1 N–H and O–H groups in total. The smallest absolute Gasteiger partial charge is 0.243 e. The van der Waals surface area contributed by atoms with E-state index in [0.29, 0.717) is 28.9 Å². The Labute approximate surface area is 165 Å². The van der Waals surface area contributed by atoms with Crippen molar-refractivity contribution in [3.05, 3.63) is 29.3 Å². The molecule has 0 aliphatic heterocycles. The Hall–Kier alpha value is -0.920. The van der Waals surface area contributed by atoms with Gasteiger partial charge >= 0.3 is 0 Å². The van der Waals surface area contributed by atoms with Crippen LogP contribution in [0.15, 0.2) is 24.3 Å². The van der Waals surface area contributed by atoms with Crippen LogP contribution in [0.2, 0.25) is 5.02 Å². The summed E-state index contributed by atoms with van der Waals surface area (Å²) in [6.07, 6.45) is 6.62. The Morgan fingerprint density at radius 3 is 2.46 bits per heavy atom. The second kappa shape index (κ2) is 9.85. The topological polar surface area (TPSA) is 66.5 Å². The lowest BCUT2D eigenvalue weighted by atomic mass is 10.2. The third-order valence-electron chi connectivity index (χ3n) is 4.47. The van der Waals surface area contributed by atoms with Gasteiger partial charge in [0.25, 0.3) is 0 Å². The first kappa shape index (κ1) is 21.4. The van der Waals surface area contributed by atoms with Crippen molar-refractivity contribution in [3.8, 4) is 0 Å². The van der Waals surface area contributed by atoms with Crippen molar-refractivity contribution >= 4 is 45.0 Å². The third-order valence-corrected chi connectivity index (χ3v) is 7.28. The van der Waals surface area contributed by atoms with Gasteiger partial charge in [-0.2, -0.15) is 11.8 Å². The van der Waals surface area contributed by atoms with E-state index in [1.165, 1.54) is 30.0 Å². The molecule has 1 aliphatic carbocycles. The molecule has 1 atom stereocenters. The minimum atomic E-state index is -3.61. The maximum absolute atomic E-state index is 12.6. The summed E-state index contributed by atoms with van der Waals surface area (Å²) in [5.74, 6) is 0.590. The van der Waals surface area contributed by atoms with E-state index in [2.05, 4.69) is 5.32 Å². The normalized spacial score (nSPS) is 16.4. The van der Waals surface area contributed by atoms with Crippen LogP contribution in [0.25, 0.3) is 0 Å². The molecule has 2 rings (SSSR count). The zero-order chi connectivity index (χ0) is 19.2. The number of anilines is 1. The first-order chi connectivity index (χ1) is 12.3. The average molecular weight is 419 g/mol. The van der Waals surface area contributed by atoms with Crippen LogP contribution in [0.1, 0.15) is 39.0 Å². The van der Waals surface area contributed by atoms with Gasteiger partial charge in [-0.25, -0.2) is 8.42 Å². The molecule has 0 aromatic heterocycles. The summed E-state index contributed by atoms with van der Waals surface area (Å²) in [5, 5.41) is 4.12. The quantitative estimate of drug-likeness (QED) is 0.621. The van der Waals surface area contributed by atoms with Gasteiger partial charge in [0.1, 0.15) is 6.04 Å². The summed E-state index contributed by atoms with van der Waals surface area (Å²) in [7, 11) is -3.61. The fourth-order valence-electron chi connectivity index (χ4n) is 3.22. The second-order valence-corrected chi connectivity index (χ2v) is 10.2. The second-order valence-electron chi connectivity index (χ2n) is 6.53. The first-order valence-corrected chi connectivity index (χ1v) is 12.2. The predicted molar refractivity (Wildman–Crippen MR) is 111 cm³/mol. The maximum atomic E-state index is 12.6. The van der Waals surface area contributed by atoms with Gasteiger partial charge in [0.05, 0.1) is 11.9 Å². The van der Waals surface area contributed by atoms with E-state index < -0.39 is 16.1 Å². The number of rotatable bonds is 9. The molecule has 1 amide bonds. The molecule has 8 heteroatoms. The number of hydrogen-bond acceptors (Lipinski definition) is 4. The highest BCUT2D eigenvalue weighted by Crippen LogP contribution is 2.29. The summed E-state index contributed by atoms with van der Waals surface area (Å²) in [6, 6.07) is 5.71. The first-order valence-electron chi connectivity index (χ1n) is 8.97. The van der Waals surface area contributed by atoms with Gasteiger partial charge in [0, 0.05) is 22.6 Å². The number of halogens is 1. The van der Waals surface area contributed by atoms with Crippen LogP contribution >= 0.6 is 23.4 Å². The summed E-state index contributed by atoms with van der Waals surface area (Å²) < 4.78 is 25.9. The fourth-order valence-corrected chi connectivity index (χ4v) is 5.78. The molecule has 1 fully saturated rings. The van der Waals surface area contributed by atoms with Crippen LogP contribution in [0.3, 0.4) is 0 Å². The van der Waals surface area contributed by atoms with E-state index in [0.717, 1.165) is 12.0 Å². The highest BCUT2D eigenvalue weighted by molar-refractivity contribution is 7.99. The fraction of sp³-hybridized carbons (Fsp3) is 0.611. The van der Waals surface area contributed by atoms with E-state index in [1.807, 2.05) is 18.7 Å². The minimum absolute atomic E-state index is 0.264. The molecule has 0 spiro atoms. The number of amides is 1. The molecule has 1 aliphatic rings. The van der Waals surface area contributed by atoms with E-state index >= 15 is 0 Å². The number of benzene rings is 1. The minimum Gasteiger partial charge on any atom is -0.353 e. The Kier molecular flexibility index (Phi) is 8.10. The van der Waals surface area contributed by atoms with Crippen molar-refractivity contribution in [2.75, 3.05) is 22.9 Å². The largest absolute Gasteiger partial charge is 0.353 e. The van der Waals surface area contributed by atoms with Crippen molar-refractivity contribution < 1.29 is 13.2 Å². The summed E-state index contributed by atoms with van der Waals surface area (Å²) in [6.45, 7) is 2.36. The molecule has 1 aromatic rings. The Morgan fingerprint density at radius 2 is 1.92 bits per heavy atom. The van der Waals surface area contributed by atoms with Crippen molar-refractivity contribution in [2.24, 2.45) is 0 Å². The number of carbonyl (C=O) groups is 1. The molecule has 0 radical (unpaired) electrons. The van der Waals surface area contributed by atoms with E-state index in [1.54, 1.807) is 24.3 Å². The number of hydrogen-bond donors (Lipinski definition) is 1. The van der Waals surface area contributed by atoms with E-state index in [-0.39, 0.29) is 5.91 Å². The van der Waals surface area contributed by atoms with Gasteiger partial charge in [0.2, 0.25) is 15.9 Å². The van der Waals surface area contributed by atoms with Gasteiger partial charge in [-0.1, -0.05) is 31.4 Å². The predicted octanol–water partition coefficient (Wildman–Crippen LogP) is 3.68. The van der Waals surface area contributed by atoms with Crippen molar-refractivity contribution in [1.82, 2.24) is 5.32 Å². The molecule has 0 bridgehead atoms. The molecule has 1 saturated carbocycles. The lowest BCUT2D eigenvalue weighted by molar-refractivity contribution is -0.122. The van der Waals surface area contributed by atoms with Gasteiger partial charge in [-0.05, 0) is 43.5 Å². The molecule has 0 unspecified atom stereocenters. The number of nitrogens with zero attached hydrogens (tertiary/aromatic N) is 1. The van der Waals surface area contributed by atoms with Crippen LogP contribution < -0.4 is 9.62 Å². The molecule has 26 heavy (non-hydrogen) atoms. The van der Waals surface area contributed by atoms with Crippen LogP contribution in [-0.4, -0.2) is 44.2 Å². The average Bonchev–Trinajstić information content (AvgIpc) is 3.10. The van der Waals surface area contributed by atoms with Crippen LogP contribution in [0.4, 0.5) is 5.69 Å². The molecular weight excluding hydrogens is 392 g/mol. The Bertz CT molecular complexity index is 689. The Balaban J connectivity index is 2.01. The standard InChI is InChI=1S/C18H27ClN2O3S2/c1-3-17(18(22)20-12-13-25-16-6-4-5-7-16)21(26(2,23)24)15-10-8-14(19)9-11-15/h8-11,16-17H,3-7,12-13H2,1-2H3,(H,20,22)/t17-/m1/s1. The number of nitrogens with one attached hydrogen (secondary N) is 1. The zero-order valence-electron chi connectivity index (χ0n) is 15.3. The van der Waals surface area contributed by atoms with E-state index in [9.17, 15) is 13.2 Å². The van der Waals surface area contributed by atoms with Gasteiger partial charge < -0.3 is 5.32 Å². The SMILES string of the molecule is CC[C@H](C(=O)NCCSC1CCCC1)N(c1ccc(Cl)cc1)S(C)(=O)=O. The highest BCUT2D eigenvalue weighted by atomic mass is 35.5. The molecule has 0 heterocycles.